The van der Waals surface area contributed by atoms with Crippen molar-refractivity contribution in [1.82, 2.24) is 19.3 Å². The standard InChI is InChI=1S/C28H29ClF3N5O7S2/c1-17-19(36-10-4-7-25(36)38)5-3-6-23(17)46(41,42)37(28(30,31)27(40)43-32)20(26(39)35-13-11-34(2)12-14-35)15-18-16-21(44-33-18)22-8-9-24(29)45-22/h3,5-6,8-9,16,20H,4,7,10-15H2,1-2H3/t20-/m0/s1. The molecule has 1 aromatic carbocycles. The Labute approximate surface area is 271 Å². The van der Waals surface area contributed by atoms with E-state index in [1.807, 2.05) is 4.90 Å². The van der Waals surface area contributed by atoms with Gasteiger partial charge in [0.2, 0.25) is 21.8 Å². The van der Waals surface area contributed by atoms with Crippen molar-refractivity contribution in [3.05, 3.63) is 52.0 Å². The van der Waals surface area contributed by atoms with Crippen LogP contribution in [0.3, 0.4) is 0 Å². The lowest BCUT2D eigenvalue weighted by atomic mass is 10.1. The third kappa shape index (κ3) is 6.51. The third-order valence-corrected chi connectivity index (χ3v) is 11.2. The summed E-state index contributed by atoms with van der Waals surface area (Å²) in [7, 11) is -3.74. The quantitative estimate of drug-likeness (QED) is 0.289. The van der Waals surface area contributed by atoms with Gasteiger partial charge in [-0.05, 0) is 50.2 Å². The number of carbonyl (C=O) groups is 3. The number of benzene rings is 1. The van der Waals surface area contributed by atoms with Crippen LogP contribution in [0.5, 0.6) is 0 Å². The normalized spacial score (nSPS) is 17.2. The van der Waals surface area contributed by atoms with E-state index in [-0.39, 0.29) is 54.7 Å². The molecule has 2 aliphatic rings. The summed E-state index contributed by atoms with van der Waals surface area (Å²) >= 11 is 7.14. The number of rotatable bonds is 10. The number of anilines is 1. The Balaban J connectivity index is 1.64. The third-order valence-electron chi connectivity index (χ3n) is 7.91. The number of sulfonamides is 1. The summed E-state index contributed by atoms with van der Waals surface area (Å²) in [6.07, 6.45) is -0.0752. The highest BCUT2D eigenvalue weighted by atomic mass is 35.5. The fourth-order valence-electron chi connectivity index (χ4n) is 5.51. The smallest absolute Gasteiger partial charge is 0.355 e. The molecule has 2 amide bonds. The van der Waals surface area contributed by atoms with Crippen molar-refractivity contribution in [1.29, 1.82) is 0 Å². The number of likely N-dealkylation sites (N-methyl/N-ethyl adjacent to an activating group) is 1. The van der Waals surface area contributed by atoms with Gasteiger partial charge in [0, 0.05) is 61.8 Å². The van der Waals surface area contributed by atoms with Crippen molar-refractivity contribution in [3.63, 3.8) is 0 Å². The second-order valence-corrected chi connectivity index (χ2v) is 14.4. The summed E-state index contributed by atoms with van der Waals surface area (Å²) in [5.74, 6) is -4.04. The van der Waals surface area contributed by atoms with E-state index in [4.69, 9.17) is 16.1 Å². The number of hydrogen-bond acceptors (Lipinski definition) is 10. The molecule has 5 rings (SSSR count). The molecule has 2 aliphatic heterocycles. The number of aromatic nitrogens is 1. The molecule has 248 valence electrons. The largest absolute Gasteiger partial charge is 0.435 e. The second-order valence-electron chi connectivity index (χ2n) is 10.9. The van der Waals surface area contributed by atoms with Crippen LogP contribution in [0.15, 0.2) is 45.8 Å². The Morgan fingerprint density at radius 3 is 2.50 bits per heavy atom. The van der Waals surface area contributed by atoms with Crippen molar-refractivity contribution in [2.75, 3.05) is 44.7 Å². The van der Waals surface area contributed by atoms with Crippen molar-refractivity contribution in [2.24, 2.45) is 0 Å². The summed E-state index contributed by atoms with van der Waals surface area (Å²) in [6.45, 7) is 2.40. The van der Waals surface area contributed by atoms with Gasteiger partial charge in [0.05, 0.1) is 19.8 Å². The molecule has 0 radical (unpaired) electrons. The average Bonchev–Trinajstić information content (AvgIpc) is 3.77. The number of piperazine rings is 1. The van der Waals surface area contributed by atoms with Gasteiger partial charge in [-0.2, -0.15) is 8.78 Å². The van der Waals surface area contributed by atoms with Crippen molar-refractivity contribution < 1.29 is 45.6 Å². The first-order valence-corrected chi connectivity index (χ1v) is 16.7. The lowest BCUT2D eigenvalue weighted by Gasteiger charge is -2.39. The maximum Gasteiger partial charge on any atom is 0.435 e. The molecule has 0 saturated carbocycles. The molecule has 3 aromatic rings. The summed E-state index contributed by atoms with van der Waals surface area (Å²) < 4.78 is 79.0. The molecule has 0 N–H and O–H groups in total. The fourth-order valence-corrected chi connectivity index (χ4v) is 8.33. The SMILES string of the molecule is Cc1c(N2CCCC2=O)cccc1S(=O)(=O)N([C@@H](Cc1cc(-c2ccc(Cl)s2)on1)C(=O)N1CCN(C)CC1)C(F)(F)C(=O)OF. The predicted molar refractivity (Wildman–Crippen MR) is 160 cm³/mol. The zero-order valence-corrected chi connectivity index (χ0v) is 27.0. The maximum atomic E-state index is 16.0. The molecule has 1 atom stereocenters. The van der Waals surface area contributed by atoms with E-state index < -0.39 is 49.6 Å². The molecular weight excluding hydrogens is 675 g/mol. The number of alkyl halides is 2. The van der Waals surface area contributed by atoms with Gasteiger partial charge in [0.25, 0.3) is 0 Å². The van der Waals surface area contributed by atoms with Crippen LogP contribution in [0, 0.1) is 6.92 Å². The van der Waals surface area contributed by atoms with E-state index in [0.717, 1.165) is 17.4 Å². The Kier molecular flexibility index (Phi) is 9.79. The Hall–Kier alpha value is -3.51. The van der Waals surface area contributed by atoms with Crippen LogP contribution in [0.25, 0.3) is 10.6 Å². The Morgan fingerprint density at radius 2 is 1.89 bits per heavy atom. The van der Waals surface area contributed by atoms with Crippen LogP contribution in [0.1, 0.15) is 24.1 Å². The lowest BCUT2D eigenvalue weighted by Crippen LogP contribution is -2.62. The van der Waals surface area contributed by atoms with Crippen LogP contribution in [-0.4, -0.2) is 97.3 Å². The zero-order chi connectivity index (χ0) is 33.4. The number of halogens is 4. The van der Waals surface area contributed by atoms with Crippen LogP contribution >= 0.6 is 22.9 Å². The van der Waals surface area contributed by atoms with Crippen LogP contribution in [0.2, 0.25) is 4.34 Å². The highest BCUT2D eigenvalue weighted by Crippen LogP contribution is 2.38. The summed E-state index contributed by atoms with van der Waals surface area (Å²) in [5.41, 5.74) is -0.0429. The van der Waals surface area contributed by atoms with Crippen molar-refractivity contribution in [3.8, 4) is 10.6 Å². The molecule has 46 heavy (non-hydrogen) atoms. The number of hydrogen-bond donors (Lipinski definition) is 0. The van der Waals surface area contributed by atoms with Gasteiger partial charge in [-0.1, -0.05) is 22.8 Å². The van der Waals surface area contributed by atoms with E-state index in [1.54, 1.807) is 19.2 Å². The Bertz CT molecular complexity index is 1740. The minimum atomic E-state index is -5.52. The first-order chi connectivity index (χ1) is 21.7. The molecule has 0 aliphatic carbocycles. The van der Waals surface area contributed by atoms with Crippen molar-refractivity contribution >= 4 is 56.4 Å². The van der Waals surface area contributed by atoms with Gasteiger partial charge in [-0.3, -0.25) is 9.59 Å². The van der Waals surface area contributed by atoms with E-state index in [1.165, 1.54) is 34.9 Å². The maximum absolute atomic E-state index is 16.0. The Morgan fingerprint density at radius 1 is 1.17 bits per heavy atom. The van der Waals surface area contributed by atoms with Gasteiger partial charge < -0.3 is 19.2 Å². The molecule has 18 heteroatoms. The summed E-state index contributed by atoms with van der Waals surface area (Å²) in [6, 6.07) is 0.719. The summed E-state index contributed by atoms with van der Waals surface area (Å²) in [4.78, 5) is 45.9. The van der Waals surface area contributed by atoms with Gasteiger partial charge >= 0.3 is 12.0 Å². The number of nitrogens with zero attached hydrogens (tertiary/aromatic N) is 5. The van der Waals surface area contributed by atoms with Gasteiger partial charge in [-0.15, -0.1) is 15.6 Å². The molecule has 4 heterocycles. The molecule has 0 unspecified atom stereocenters. The van der Waals surface area contributed by atoms with Crippen LogP contribution in [-0.2, 0) is 35.8 Å². The molecule has 0 bridgehead atoms. The molecule has 12 nitrogen and oxygen atoms in total. The molecule has 2 saturated heterocycles. The van der Waals surface area contributed by atoms with E-state index in [9.17, 15) is 27.3 Å². The molecule has 2 fully saturated rings. The summed E-state index contributed by atoms with van der Waals surface area (Å²) in [5, 5.41) is 3.87. The van der Waals surface area contributed by atoms with Crippen molar-refractivity contribution in [2.45, 2.75) is 43.2 Å². The lowest BCUT2D eigenvalue weighted by molar-refractivity contribution is -0.230. The number of thiophene rings is 1. The van der Waals surface area contributed by atoms with Gasteiger partial charge in [0.1, 0.15) is 6.04 Å². The monoisotopic (exact) mass is 703 g/mol. The first kappa shape index (κ1) is 33.8. The minimum absolute atomic E-state index is 0.0577. The van der Waals surface area contributed by atoms with E-state index >= 15 is 8.78 Å². The highest BCUT2D eigenvalue weighted by molar-refractivity contribution is 7.89. The van der Waals surface area contributed by atoms with Gasteiger partial charge in [-0.25, -0.2) is 18.2 Å². The molecular formula is C28H29ClF3N5O7S2. The highest BCUT2D eigenvalue weighted by Gasteiger charge is 2.59. The predicted octanol–water partition coefficient (Wildman–Crippen LogP) is 3.89. The van der Waals surface area contributed by atoms with Gasteiger partial charge in [0.15, 0.2) is 5.76 Å². The topological polar surface area (TPSA) is 134 Å². The number of carbonyl (C=O) groups excluding carboxylic acids is 3. The van der Waals surface area contributed by atoms with Crippen LogP contribution < -0.4 is 4.90 Å². The zero-order valence-electron chi connectivity index (χ0n) is 24.6. The minimum Gasteiger partial charge on any atom is -0.355 e. The van der Waals surface area contributed by atoms with E-state index in [2.05, 4.69) is 10.1 Å². The first-order valence-electron chi connectivity index (χ1n) is 14.1. The van der Waals surface area contributed by atoms with Crippen LogP contribution in [0.4, 0.5) is 19.0 Å². The fraction of sp³-hybridized carbons (Fsp3) is 0.429. The molecule has 2 aromatic heterocycles. The average molecular weight is 704 g/mol. The second kappa shape index (κ2) is 13.3. The molecule has 0 spiro atoms. The number of amides is 2. The van der Waals surface area contributed by atoms with E-state index in [0.29, 0.717) is 28.7 Å².